The zero-order chi connectivity index (χ0) is 15.5. The zero-order valence-electron chi connectivity index (χ0n) is 13.9. The van der Waals surface area contributed by atoms with Crippen LogP contribution in [-0.2, 0) is 4.74 Å². The quantitative estimate of drug-likeness (QED) is 0.293. The van der Waals surface area contributed by atoms with E-state index >= 15 is 0 Å². The van der Waals surface area contributed by atoms with Gasteiger partial charge in [0, 0.05) is 20.2 Å². The molecule has 0 saturated carbocycles. The monoisotopic (exact) mass is 421 g/mol. The van der Waals surface area contributed by atoms with Crippen LogP contribution in [0.1, 0.15) is 18.1 Å². The Hall–Kier alpha value is -1.02. The Kier molecular flexibility index (Phi) is 11.9. The van der Waals surface area contributed by atoms with Gasteiger partial charge in [-0.3, -0.25) is 4.99 Å². The number of aryl methyl sites for hydroxylation is 2. The van der Waals surface area contributed by atoms with Crippen molar-refractivity contribution < 1.29 is 9.47 Å². The molecule has 0 bridgehead atoms. The molecule has 0 amide bonds. The van der Waals surface area contributed by atoms with Crippen molar-refractivity contribution in [2.24, 2.45) is 4.99 Å². The van der Waals surface area contributed by atoms with Gasteiger partial charge in [-0.2, -0.15) is 0 Å². The SMILES string of the molecule is CCOCCNC(=NC)NCCOc1cc(C)cc(C)c1.I. The van der Waals surface area contributed by atoms with Crippen LogP contribution in [-0.4, -0.2) is 45.9 Å². The summed E-state index contributed by atoms with van der Waals surface area (Å²) in [5.41, 5.74) is 2.43. The second-order valence-corrected chi connectivity index (χ2v) is 4.79. The molecule has 22 heavy (non-hydrogen) atoms. The predicted molar refractivity (Wildman–Crippen MR) is 103 cm³/mol. The molecule has 1 aromatic rings. The molecule has 0 fully saturated rings. The fraction of sp³-hybridized carbons (Fsp3) is 0.562. The third kappa shape index (κ3) is 9.09. The van der Waals surface area contributed by atoms with Crippen LogP contribution in [0.5, 0.6) is 5.75 Å². The number of nitrogens with zero attached hydrogens (tertiary/aromatic N) is 1. The van der Waals surface area contributed by atoms with Gasteiger partial charge in [0.2, 0.25) is 0 Å². The maximum absolute atomic E-state index is 5.74. The van der Waals surface area contributed by atoms with E-state index in [0.717, 1.165) is 24.9 Å². The van der Waals surface area contributed by atoms with Crippen molar-refractivity contribution in [3.05, 3.63) is 29.3 Å². The molecule has 0 unspecified atom stereocenters. The van der Waals surface area contributed by atoms with E-state index in [1.807, 2.05) is 19.1 Å². The number of rotatable bonds is 8. The maximum Gasteiger partial charge on any atom is 0.191 e. The van der Waals surface area contributed by atoms with E-state index in [2.05, 4.69) is 35.5 Å². The van der Waals surface area contributed by atoms with E-state index in [-0.39, 0.29) is 24.0 Å². The molecule has 0 radical (unpaired) electrons. The topological polar surface area (TPSA) is 54.9 Å². The third-order valence-corrected chi connectivity index (χ3v) is 2.83. The first-order valence-corrected chi connectivity index (χ1v) is 7.39. The highest BCUT2D eigenvalue weighted by atomic mass is 127. The lowest BCUT2D eigenvalue weighted by molar-refractivity contribution is 0.152. The van der Waals surface area contributed by atoms with Crippen molar-refractivity contribution in [1.82, 2.24) is 10.6 Å². The van der Waals surface area contributed by atoms with Gasteiger partial charge in [0.15, 0.2) is 5.96 Å². The van der Waals surface area contributed by atoms with Crippen LogP contribution in [0.2, 0.25) is 0 Å². The first-order chi connectivity index (χ1) is 10.2. The minimum atomic E-state index is 0. The minimum Gasteiger partial charge on any atom is -0.492 e. The van der Waals surface area contributed by atoms with Crippen LogP contribution in [0.4, 0.5) is 0 Å². The lowest BCUT2D eigenvalue weighted by Gasteiger charge is -2.13. The van der Waals surface area contributed by atoms with E-state index in [4.69, 9.17) is 9.47 Å². The molecule has 2 N–H and O–H groups in total. The normalized spacial score (nSPS) is 10.8. The molecule has 0 saturated heterocycles. The highest BCUT2D eigenvalue weighted by Gasteiger charge is 1.99. The summed E-state index contributed by atoms with van der Waals surface area (Å²) >= 11 is 0. The fourth-order valence-electron chi connectivity index (χ4n) is 1.96. The Bertz CT molecular complexity index is 433. The first kappa shape index (κ1) is 21.0. The predicted octanol–water partition coefficient (Wildman–Crippen LogP) is 2.50. The Labute approximate surface area is 150 Å². The molecular formula is C16H28IN3O2. The molecule has 0 heterocycles. The number of hydrogen-bond donors (Lipinski definition) is 2. The molecule has 1 aromatic carbocycles. The molecule has 0 atom stereocenters. The lowest BCUT2D eigenvalue weighted by Crippen LogP contribution is -2.40. The van der Waals surface area contributed by atoms with Gasteiger partial charge in [-0.25, -0.2) is 0 Å². The van der Waals surface area contributed by atoms with Gasteiger partial charge in [-0.1, -0.05) is 6.07 Å². The van der Waals surface area contributed by atoms with Gasteiger partial charge in [-0.15, -0.1) is 24.0 Å². The summed E-state index contributed by atoms with van der Waals surface area (Å²) in [7, 11) is 1.75. The van der Waals surface area contributed by atoms with Crippen molar-refractivity contribution in [1.29, 1.82) is 0 Å². The van der Waals surface area contributed by atoms with Crippen LogP contribution in [0.3, 0.4) is 0 Å². The van der Waals surface area contributed by atoms with Gasteiger partial charge < -0.3 is 20.1 Å². The van der Waals surface area contributed by atoms with Gasteiger partial charge in [0.05, 0.1) is 13.2 Å². The summed E-state index contributed by atoms with van der Waals surface area (Å²) in [6, 6.07) is 6.22. The van der Waals surface area contributed by atoms with Crippen LogP contribution in [0.25, 0.3) is 0 Å². The molecule has 5 nitrogen and oxygen atoms in total. The summed E-state index contributed by atoms with van der Waals surface area (Å²) in [6.07, 6.45) is 0. The molecule has 0 spiro atoms. The number of aliphatic imine (C=N–C) groups is 1. The largest absolute Gasteiger partial charge is 0.492 e. The number of nitrogens with one attached hydrogen (secondary N) is 2. The summed E-state index contributed by atoms with van der Waals surface area (Å²) in [5, 5.41) is 6.38. The summed E-state index contributed by atoms with van der Waals surface area (Å²) in [4.78, 5) is 4.14. The van der Waals surface area contributed by atoms with Crippen LogP contribution < -0.4 is 15.4 Å². The number of guanidine groups is 1. The molecule has 6 heteroatoms. The molecule has 1 rings (SSSR count). The van der Waals surface area contributed by atoms with Gasteiger partial charge >= 0.3 is 0 Å². The van der Waals surface area contributed by atoms with Gasteiger partial charge in [0.1, 0.15) is 12.4 Å². The minimum absolute atomic E-state index is 0. The van der Waals surface area contributed by atoms with Crippen molar-refractivity contribution in [2.75, 3.05) is 40.0 Å². The second kappa shape index (κ2) is 12.5. The average Bonchev–Trinajstić information content (AvgIpc) is 2.44. The molecule has 0 aromatic heterocycles. The average molecular weight is 421 g/mol. The summed E-state index contributed by atoms with van der Waals surface area (Å²) in [5.74, 6) is 1.67. The smallest absolute Gasteiger partial charge is 0.191 e. The summed E-state index contributed by atoms with van der Waals surface area (Å²) < 4.78 is 11.0. The van der Waals surface area contributed by atoms with Gasteiger partial charge in [-0.05, 0) is 44.0 Å². The van der Waals surface area contributed by atoms with Gasteiger partial charge in [0.25, 0.3) is 0 Å². The molecule has 0 aliphatic heterocycles. The molecular weight excluding hydrogens is 393 g/mol. The molecule has 0 aliphatic carbocycles. The number of hydrogen-bond acceptors (Lipinski definition) is 3. The maximum atomic E-state index is 5.74. The first-order valence-electron chi connectivity index (χ1n) is 7.39. The van der Waals surface area contributed by atoms with Crippen molar-refractivity contribution >= 4 is 29.9 Å². The van der Waals surface area contributed by atoms with Crippen molar-refractivity contribution in [3.63, 3.8) is 0 Å². The van der Waals surface area contributed by atoms with E-state index in [0.29, 0.717) is 19.8 Å². The van der Waals surface area contributed by atoms with E-state index < -0.39 is 0 Å². The lowest BCUT2D eigenvalue weighted by atomic mass is 10.1. The van der Waals surface area contributed by atoms with E-state index in [1.165, 1.54) is 11.1 Å². The Balaban J connectivity index is 0.00000441. The highest BCUT2D eigenvalue weighted by molar-refractivity contribution is 14.0. The summed E-state index contributed by atoms with van der Waals surface area (Å²) in [6.45, 7) is 9.57. The number of benzene rings is 1. The Morgan fingerprint density at radius 3 is 2.18 bits per heavy atom. The number of halogens is 1. The third-order valence-electron chi connectivity index (χ3n) is 2.83. The molecule has 0 aliphatic rings. The second-order valence-electron chi connectivity index (χ2n) is 4.79. The van der Waals surface area contributed by atoms with E-state index in [1.54, 1.807) is 7.05 Å². The van der Waals surface area contributed by atoms with Crippen LogP contribution in [0.15, 0.2) is 23.2 Å². The van der Waals surface area contributed by atoms with Crippen LogP contribution in [0, 0.1) is 13.8 Å². The van der Waals surface area contributed by atoms with Crippen molar-refractivity contribution in [2.45, 2.75) is 20.8 Å². The standard InChI is InChI=1S/C16H27N3O2.HI/c1-5-20-8-6-18-16(17-4)19-7-9-21-15-11-13(2)10-14(3)12-15;/h10-12H,5-9H2,1-4H3,(H2,17,18,19);1H. The van der Waals surface area contributed by atoms with Crippen molar-refractivity contribution in [3.8, 4) is 5.75 Å². The van der Waals surface area contributed by atoms with E-state index in [9.17, 15) is 0 Å². The van der Waals surface area contributed by atoms with Crippen LogP contribution >= 0.6 is 24.0 Å². The Morgan fingerprint density at radius 2 is 1.64 bits per heavy atom. The number of ether oxygens (including phenoxy) is 2. The highest BCUT2D eigenvalue weighted by Crippen LogP contribution is 2.15. The fourth-order valence-corrected chi connectivity index (χ4v) is 1.96. The Morgan fingerprint density at radius 1 is 1.05 bits per heavy atom. The molecule has 126 valence electrons. The zero-order valence-corrected chi connectivity index (χ0v) is 16.3.